The molecule has 0 aliphatic rings. The minimum atomic E-state index is 0.131. The second kappa shape index (κ2) is 3.91. The second-order valence-electron chi connectivity index (χ2n) is 4.03. The van der Waals surface area contributed by atoms with Gasteiger partial charge in [0.1, 0.15) is 0 Å². The van der Waals surface area contributed by atoms with Gasteiger partial charge in [-0.15, -0.1) is 0 Å². The summed E-state index contributed by atoms with van der Waals surface area (Å²) < 4.78 is 7.49. The first-order valence-electron chi connectivity index (χ1n) is 5.14. The molecule has 2 nitrogen and oxygen atoms in total. The van der Waals surface area contributed by atoms with E-state index in [1.165, 1.54) is 5.52 Å². The third-order valence-corrected chi connectivity index (χ3v) is 2.03. The first-order valence-corrected chi connectivity index (χ1v) is 5.14. The molecular weight excluding hydrogens is 174 g/mol. The van der Waals surface area contributed by atoms with E-state index in [2.05, 4.69) is 31.5 Å². The monoisotopic (exact) mass is 193 g/mol. The Labute approximate surface area is 85.5 Å². The van der Waals surface area contributed by atoms with E-state index in [0.717, 1.165) is 5.58 Å². The van der Waals surface area contributed by atoms with Crippen LogP contribution in [0.15, 0.2) is 29.0 Å². The molecule has 0 aromatic carbocycles. The van der Waals surface area contributed by atoms with Gasteiger partial charge >= 0.3 is 0 Å². The number of rotatable bonds is 0. The van der Waals surface area contributed by atoms with Gasteiger partial charge in [0.15, 0.2) is 5.58 Å². The Morgan fingerprint density at radius 1 is 1.14 bits per heavy atom. The number of aromatic nitrogens is 1. The summed E-state index contributed by atoms with van der Waals surface area (Å²) in [6.45, 7) is 10.5. The van der Waals surface area contributed by atoms with Gasteiger partial charge in [0.2, 0.25) is 0 Å². The summed E-state index contributed by atoms with van der Waals surface area (Å²) in [5, 5.41) is 0. The third-order valence-electron chi connectivity index (χ3n) is 2.03. The van der Waals surface area contributed by atoms with Crippen molar-refractivity contribution < 1.29 is 4.42 Å². The van der Waals surface area contributed by atoms with Gasteiger partial charge in [-0.05, 0) is 26.8 Å². The maximum atomic E-state index is 5.27. The average Bonchev–Trinajstić information content (AvgIpc) is 2.64. The lowest BCUT2D eigenvalue weighted by Crippen LogP contribution is -2.20. The molecule has 0 atom stereocenters. The van der Waals surface area contributed by atoms with Crippen LogP contribution in [0.25, 0.3) is 11.1 Å². The van der Waals surface area contributed by atoms with E-state index in [0.29, 0.717) is 0 Å². The zero-order valence-corrected chi connectivity index (χ0v) is 9.66. The zero-order chi connectivity index (χ0) is 10.8. The Balaban J connectivity index is 0.000000461. The summed E-state index contributed by atoms with van der Waals surface area (Å²) in [5.41, 5.74) is 2.26. The van der Waals surface area contributed by atoms with Crippen LogP contribution in [0.4, 0.5) is 0 Å². The molecule has 14 heavy (non-hydrogen) atoms. The molecule has 0 bridgehead atoms. The van der Waals surface area contributed by atoms with Crippen LogP contribution in [-0.4, -0.2) is 4.57 Å². The van der Waals surface area contributed by atoms with Gasteiger partial charge in [0, 0.05) is 17.8 Å². The van der Waals surface area contributed by atoms with Crippen LogP contribution >= 0.6 is 0 Å². The number of hydrogen-bond donors (Lipinski definition) is 0. The third kappa shape index (κ3) is 1.84. The molecular formula is C12H19NO. The highest BCUT2D eigenvalue weighted by atomic mass is 16.3. The summed E-state index contributed by atoms with van der Waals surface area (Å²) in [4.78, 5) is 0. The maximum Gasteiger partial charge on any atom is 0.151 e. The summed E-state index contributed by atoms with van der Waals surface area (Å²) in [6, 6.07) is 4.00. The molecule has 0 aliphatic heterocycles. The fraction of sp³-hybridized carbons (Fsp3) is 0.500. The molecule has 2 heteroatoms. The number of hydrogen-bond acceptors (Lipinski definition) is 1. The molecule has 0 radical (unpaired) electrons. The minimum Gasteiger partial charge on any atom is -0.463 e. The maximum absolute atomic E-state index is 5.27. The highest BCUT2D eigenvalue weighted by Crippen LogP contribution is 2.23. The Bertz CT molecular complexity index is 390. The Kier molecular flexibility index (Phi) is 3.04. The molecule has 0 saturated heterocycles. The fourth-order valence-corrected chi connectivity index (χ4v) is 1.45. The van der Waals surface area contributed by atoms with E-state index >= 15 is 0 Å². The first-order chi connectivity index (χ1) is 6.59. The van der Waals surface area contributed by atoms with Crippen LogP contribution < -0.4 is 0 Å². The van der Waals surface area contributed by atoms with E-state index in [9.17, 15) is 0 Å². The Morgan fingerprint density at radius 3 is 2.36 bits per heavy atom. The van der Waals surface area contributed by atoms with Gasteiger partial charge < -0.3 is 8.98 Å². The zero-order valence-electron chi connectivity index (χ0n) is 9.66. The minimum absolute atomic E-state index is 0.131. The van der Waals surface area contributed by atoms with E-state index < -0.39 is 0 Å². The van der Waals surface area contributed by atoms with Crippen molar-refractivity contribution in [1.82, 2.24) is 4.57 Å². The first kappa shape index (κ1) is 10.9. The summed E-state index contributed by atoms with van der Waals surface area (Å²) >= 11 is 0. The summed E-state index contributed by atoms with van der Waals surface area (Å²) in [5.74, 6) is 0. The van der Waals surface area contributed by atoms with E-state index in [-0.39, 0.29) is 5.54 Å². The van der Waals surface area contributed by atoms with Crippen molar-refractivity contribution in [3.05, 3.63) is 24.6 Å². The summed E-state index contributed by atoms with van der Waals surface area (Å²) in [6.07, 6.45) is 3.79. The number of nitrogens with zero attached hydrogens (tertiary/aromatic N) is 1. The molecule has 0 spiro atoms. The van der Waals surface area contributed by atoms with Crippen molar-refractivity contribution in [3.8, 4) is 0 Å². The molecule has 78 valence electrons. The predicted octanol–water partition coefficient (Wildman–Crippen LogP) is 4.02. The Morgan fingerprint density at radius 2 is 1.79 bits per heavy atom. The van der Waals surface area contributed by atoms with Gasteiger partial charge in [0.25, 0.3) is 0 Å². The van der Waals surface area contributed by atoms with Crippen molar-refractivity contribution >= 4 is 11.1 Å². The smallest absolute Gasteiger partial charge is 0.151 e. The van der Waals surface area contributed by atoms with Crippen LogP contribution in [0.5, 0.6) is 0 Å². The van der Waals surface area contributed by atoms with Crippen LogP contribution in [0.3, 0.4) is 0 Å². The number of furan rings is 1. The molecule has 2 aromatic heterocycles. The van der Waals surface area contributed by atoms with Crippen LogP contribution in [0.2, 0.25) is 0 Å². The second-order valence-corrected chi connectivity index (χ2v) is 4.03. The molecule has 0 saturated carbocycles. The van der Waals surface area contributed by atoms with Gasteiger partial charge in [0.05, 0.1) is 11.8 Å². The van der Waals surface area contributed by atoms with Crippen molar-refractivity contribution in [2.24, 2.45) is 0 Å². The quantitative estimate of drug-likeness (QED) is 0.618. The van der Waals surface area contributed by atoms with Gasteiger partial charge in [-0.3, -0.25) is 0 Å². The normalized spacial score (nSPS) is 11.2. The molecule has 2 rings (SSSR count). The molecule has 0 unspecified atom stereocenters. The molecule has 0 aliphatic carbocycles. The van der Waals surface area contributed by atoms with Crippen molar-refractivity contribution in [2.45, 2.75) is 40.2 Å². The SMILES string of the molecule is CC.CC(C)(C)n1ccc2occc21. The Hall–Kier alpha value is -1.18. The van der Waals surface area contributed by atoms with E-state index in [1.54, 1.807) is 6.26 Å². The molecule has 0 amide bonds. The topological polar surface area (TPSA) is 18.1 Å². The lowest BCUT2D eigenvalue weighted by atomic mass is 10.1. The van der Waals surface area contributed by atoms with Crippen LogP contribution in [0, 0.1) is 0 Å². The van der Waals surface area contributed by atoms with Crippen molar-refractivity contribution in [3.63, 3.8) is 0 Å². The van der Waals surface area contributed by atoms with Gasteiger partial charge in [-0.25, -0.2) is 0 Å². The predicted molar refractivity (Wildman–Crippen MR) is 60.5 cm³/mol. The van der Waals surface area contributed by atoms with Crippen LogP contribution in [0.1, 0.15) is 34.6 Å². The van der Waals surface area contributed by atoms with E-state index in [1.807, 2.05) is 26.0 Å². The number of fused-ring (bicyclic) bond motifs is 1. The lowest BCUT2D eigenvalue weighted by molar-refractivity contribution is 0.411. The van der Waals surface area contributed by atoms with Crippen LogP contribution in [-0.2, 0) is 5.54 Å². The van der Waals surface area contributed by atoms with Gasteiger partial charge in [-0.1, -0.05) is 13.8 Å². The van der Waals surface area contributed by atoms with E-state index in [4.69, 9.17) is 4.42 Å². The molecule has 0 N–H and O–H groups in total. The van der Waals surface area contributed by atoms with Gasteiger partial charge in [-0.2, -0.15) is 0 Å². The summed E-state index contributed by atoms with van der Waals surface area (Å²) in [7, 11) is 0. The molecule has 0 fully saturated rings. The fourth-order valence-electron chi connectivity index (χ4n) is 1.45. The standard InChI is InChI=1S/C10H13NO.C2H6/c1-10(2,3)11-6-4-9-8(11)5-7-12-9;1-2/h4-7H,1-3H3;1-2H3. The largest absolute Gasteiger partial charge is 0.463 e. The molecule has 2 heterocycles. The highest BCUT2D eigenvalue weighted by molar-refractivity contribution is 5.74. The highest BCUT2D eigenvalue weighted by Gasteiger charge is 2.15. The van der Waals surface area contributed by atoms with Crippen molar-refractivity contribution in [1.29, 1.82) is 0 Å². The van der Waals surface area contributed by atoms with Crippen molar-refractivity contribution in [2.75, 3.05) is 0 Å². The average molecular weight is 193 g/mol. The lowest BCUT2D eigenvalue weighted by Gasteiger charge is -2.21. The molecule has 2 aromatic rings.